The molecule has 1 fully saturated rings. The van der Waals surface area contributed by atoms with E-state index >= 15 is 0 Å². The summed E-state index contributed by atoms with van der Waals surface area (Å²) in [5, 5.41) is 12.1. The van der Waals surface area contributed by atoms with Crippen LogP contribution in [0, 0.1) is 5.41 Å². The standard InChI is InChI=1S/C19H26N2O5/c1-4-26-16-8-6-5-7-14(16)15(20-13(2)22)11-17(23)21-10-9-19(3,12-21)18(24)25/h5-8,15H,4,9-12H2,1-3H3,(H,20,22)(H,24,25)/t15-,19+/m0/s1. The lowest BCUT2D eigenvalue weighted by atomic mass is 9.90. The van der Waals surface area contributed by atoms with Gasteiger partial charge >= 0.3 is 5.97 Å². The van der Waals surface area contributed by atoms with Gasteiger partial charge in [-0.15, -0.1) is 0 Å². The van der Waals surface area contributed by atoms with Crippen molar-refractivity contribution in [1.82, 2.24) is 10.2 Å². The van der Waals surface area contributed by atoms with Crippen molar-refractivity contribution in [1.29, 1.82) is 0 Å². The Bertz CT molecular complexity index is 690. The maximum atomic E-state index is 12.7. The van der Waals surface area contributed by atoms with E-state index in [4.69, 9.17) is 4.74 Å². The predicted molar refractivity (Wildman–Crippen MR) is 95.7 cm³/mol. The molecule has 0 unspecified atom stereocenters. The topological polar surface area (TPSA) is 95.9 Å². The molecule has 2 N–H and O–H groups in total. The molecule has 2 rings (SSSR count). The van der Waals surface area contributed by atoms with E-state index in [9.17, 15) is 19.5 Å². The van der Waals surface area contributed by atoms with E-state index in [2.05, 4.69) is 5.32 Å². The summed E-state index contributed by atoms with van der Waals surface area (Å²) in [6.07, 6.45) is 0.480. The second kappa shape index (κ2) is 8.21. The zero-order valence-corrected chi connectivity index (χ0v) is 15.4. The Morgan fingerprint density at radius 1 is 1.35 bits per heavy atom. The quantitative estimate of drug-likeness (QED) is 0.773. The third-order valence-corrected chi connectivity index (χ3v) is 4.69. The van der Waals surface area contributed by atoms with Crippen molar-refractivity contribution in [3.05, 3.63) is 29.8 Å². The first kappa shape index (κ1) is 19.8. The summed E-state index contributed by atoms with van der Waals surface area (Å²) in [6.45, 7) is 5.98. The van der Waals surface area contributed by atoms with Crippen LogP contribution in [0.2, 0.25) is 0 Å². The van der Waals surface area contributed by atoms with Gasteiger partial charge in [0.05, 0.1) is 24.5 Å². The fraction of sp³-hybridized carbons (Fsp3) is 0.526. The Labute approximate surface area is 153 Å². The highest BCUT2D eigenvalue weighted by atomic mass is 16.5. The fourth-order valence-corrected chi connectivity index (χ4v) is 3.19. The average molecular weight is 362 g/mol. The van der Waals surface area contributed by atoms with Gasteiger partial charge in [0, 0.05) is 25.6 Å². The molecule has 0 aliphatic carbocycles. The Morgan fingerprint density at radius 3 is 2.62 bits per heavy atom. The van der Waals surface area contributed by atoms with E-state index in [-0.39, 0.29) is 24.8 Å². The Balaban J connectivity index is 2.17. The third-order valence-electron chi connectivity index (χ3n) is 4.69. The molecule has 0 saturated carbocycles. The molecule has 142 valence electrons. The van der Waals surface area contributed by atoms with Gasteiger partial charge in [-0.25, -0.2) is 0 Å². The first-order valence-electron chi connectivity index (χ1n) is 8.77. The fourth-order valence-electron chi connectivity index (χ4n) is 3.19. The number of ether oxygens (including phenoxy) is 1. The summed E-state index contributed by atoms with van der Waals surface area (Å²) >= 11 is 0. The Kier molecular flexibility index (Phi) is 6.23. The number of aliphatic carboxylic acids is 1. The number of carboxylic acid groups (broad SMARTS) is 1. The molecule has 2 amide bonds. The van der Waals surface area contributed by atoms with Gasteiger partial charge in [-0.2, -0.15) is 0 Å². The van der Waals surface area contributed by atoms with Crippen LogP contribution in [0.5, 0.6) is 5.75 Å². The summed E-state index contributed by atoms with van der Waals surface area (Å²) in [5.41, 5.74) is -0.180. The van der Waals surface area contributed by atoms with Gasteiger partial charge < -0.3 is 20.1 Å². The maximum absolute atomic E-state index is 12.7. The lowest BCUT2D eigenvalue weighted by Gasteiger charge is -2.24. The van der Waals surface area contributed by atoms with Crippen LogP contribution in [0.15, 0.2) is 24.3 Å². The minimum absolute atomic E-state index is 0.0549. The van der Waals surface area contributed by atoms with Gasteiger partial charge in [0.15, 0.2) is 0 Å². The molecule has 2 atom stereocenters. The van der Waals surface area contributed by atoms with Crippen molar-refractivity contribution in [2.45, 2.75) is 39.7 Å². The minimum atomic E-state index is -0.914. The normalized spacial score (nSPS) is 20.5. The van der Waals surface area contributed by atoms with Gasteiger partial charge in [-0.05, 0) is 26.3 Å². The van der Waals surface area contributed by atoms with Crippen LogP contribution in [-0.4, -0.2) is 47.5 Å². The molecule has 26 heavy (non-hydrogen) atoms. The highest BCUT2D eigenvalue weighted by Gasteiger charge is 2.42. The molecule has 0 spiro atoms. The summed E-state index contributed by atoms with van der Waals surface area (Å²) in [4.78, 5) is 37.3. The van der Waals surface area contributed by atoms with Crippen LogP contribution in [-0.2, 0) is 14.4 Å². The van der Waals surface area contributed by atoms with E-state index in [0.717, 1.165) is 5.56 Å². The molecular weight excluding hydrogens is 336 g/mol. The van der Waals surface area contributed by atoms with Crippen molar-refractivity contribution in [3.63, 3.8) is 0 Å². The predicted octanol–water partition coefficient (Wildman–Crippen LogP) is 1.98. The molecule has 0 aromatic heterocycles. The number of rotatable bonds is 7. The molecular formula is C19H26N2O5. The van der Waals surface area contributed by atoms with E-state index in [1.54, 1.807) is 17.9 Å². The zero-order valence-electron chi connectivity index (χ0n) is 15.4. The Hall–Kier alpha value is -2.57. The molecule has 0 radical (unpaired) electrons. The molecule has 1 aromatic rings. The van der Waals surface area contributed by atoms with Crippen molar-refractivity contribution in [2.24, 2.45) is 5.41 Å². The zero-order chi connectivity index (χ0) is 19.3. The summed E-state index contributed by atoms with van der Waals surface area (Å²) in [6, 6.07) is 6.76. The minimum Gasteiger partial charge on any atom is -0.494 e. The maximum Gasteiger partial charge on any atom is 0.311 e. The molecule has 1 aliphatic heterocycles. The van der Waals surface area contributed by atoms with Crippen molar-refractivity contribution >= 4 is 17.8 Å². The van der Waals surface area contributed by atoms with E-state index < -0.39 is 17.4 Å². The van der Waals surface area contributed by atoms with Crippen molar-refractivity contribution < 1.29 is 24.2 Å². The molecule has 0 bridgehead atoms. The van der Waals surface area contributed by atoms with Crippen LogP contribution in [0.4, 0.5) is 0 Å². The number of carbonyl (C=O) groups is 3. The molecule has 1 heterocycles. The van der Waals surface area contributed by atoms with Gasteiger partial charge in [0.1, 0.15) is 5.75 Å². The highest BCUT2D eigenvalue weighted by molar-refractivity contribution is 5.82. The van der Waals surface area contributed by atoms with E-state index in [1.165, 1.54) is 6.92 Å². The van der Waals surface area contributed by atoms with Gasteiger partial charge in [0.25, 0.3) is 0 Å². The molecule has 1 aliphatic rings. The number of nitrogens with one attached hydrogen (secondary N) is 1. The number of hydrogen-bond donors (Lipinski definition) is 2. The van der Waals surface area contributed by atoms with Crippen molar-refractivity contribution in [2.75, 3.05) is 19.7 Å². The summed E-state index contributed by atoms with van der Waals surface area (Å²) < 4.78 is 5.62. The lowest BCUT2D eigenvalue weighted by molar-refractivity contribution is -0.147. The molecule has 1 saturated heterocycles. The Morgan fingerprint density at radius 2 is 2.04 bits per heavy atom. The number of nitrogens with zero attached hydrogens (tertiary/aromatic N) is 1. The number of hydrogen-bond acceptors (Lipinski definition) is 4. The van der Waals surface area contributed by atoms with Crippen LogP contribution in [0.1, 0.15) is 45.2 Å². The highest BCUT2D eigenvalue weighted by Crippen LogP contribution is 2.32. The van der Waals surface area contributed by atoms with Gasteiger partial charge in [-0.3, -0.25) is 14.4 Å². The van der Waals surface area contributed by atoms with Crippen LogP contribution >= 0.6 is 0 Å². The third kappa shape index (κ3) is 4.53. The molecule has 1 aromatic carbocycles. The number of para-hydroxylation sites is 1. The first-order valence-corrected chi connectivity index (χ1v) is 8.77. The first-order chi connectivity index (χ1) is 12.3. The smallest absolute Gasteiger partial charge is 0.311 e. The second-order valence-electron chi connectivity index (χ2n) is 6.86. The van der Waals surface area contributed by atoms with Gasteiger partial charge in [0.2, 0.25) is 11.8 Å². The average Bonchev–Trinajstić information content (AvgIpc) is 2.99. The lowest BCUT2D eigenvalue weighted by Crippen LogP contribution is -2.37. The SMILES string of the molecule is CCOc1ccccc1[C@H](CC(=O)N1CC[C@@](C)(C(=O)O)C1)NC(C)=O. The van der Waals surface area contributed by atoms with E-state index in [1.807, 2.05) is 25.1 Å². The number of carbonyl (C=O) groups excluding carboxylic acids is 2. The summed E-state index contributed by atoms with van der Waals surface area (Å²) in [5.74, 6) is -0.697. The largest absolute Gasteiger partial charge is 0.494 e. The van der Waals surface area contributed by atoms with Gasteiger partial charge in [-0.1, -0.05) is 18.2 Å². The second-order valence-corrected chi connectivity index (χ2v) is 6.86. The number of likely N-dealkylation sites (tertiary alicyclic amines) is 1. The van der Waals surface area contributed by atoms with Crippen LogP contribution < -0.4 is 10.1 Å². The monoisotopic (exact) mass is 362 g/mol. The van der Waals surface area contributed by atoms with Crippen LogP contribution in [0.25, 0.3) is 0 Å². The van der Waals surface area contributed by atoms with Crippen molar-refractivity contribution in [3.8, 4) is 5.75 Å². The number of carboxylic acids is 1. The van der Waals surface area contributed by atoms with E-state index in [0.29, 0.717) is 25.3 Å². The van der Waals surface area contributed by atoms with Crippen LogP contribution in [0.3, 0.4) is 0 Å². The number of amides is 2. The molecule has 7 nitrogen and oxygen atoms in total. The molecule has 7 heteroatoms. The summed E-state index contributed by atoms with van der Waals surface area (Å²) in [7, 11) is 0. The number of benzene rings is 1.